The smallest absolute Gasteiger partial charge is 0.176 e. The van der Waals surface area contributed by atoms with Crippen molar-refractivity contribution in [2.75, 3.05) is 5.73 Å². The van der Waals surface area contributed by atoms with E-state index in [2.05, 4.69) is 4.98 Å². The van der Waals surface area contributed by atoms with Gasteiger partial charge in [-0.1, -0.05) is 6.07 Å². The molecule has 2 aromatic rings. The number of halogens is 1. The van der Waals surface area contributed by atoms with Gasteiger partial charge in [0, 0.05) is 11.3 Å². The summed E-state index contributed by atoms with van der Waals surface area (Å²) < 4.78 is 15.0. The van der Waals surface area contributed by atoms with Crippen LogP contribution in [0.2, 0.25) is 0 Å². The van der Waals surface area contributed by atoms with Gasteiger partial charge in [0.2, 0.25) is 0 Å². The van der Waals surface area contributed by atoms with Gasteiger partial charge in [-0.3, -0.25) is 0 Å². The van der Waals surface area contributed by atoms with Crippen LogP contribution in [0.15, 0.2) is 24.5 Å². The van der Waals surface area contributed by atoms with Gasteiger partial charge in [-0.25, -0.2) is 9.37 Å². The third-order valence-corrected chi connectivity index (χ3v) is 2.47. The van der Waals surface area contributed by atoms with Gasteiger partial charge in [0.25, 0.3) is 0 Å². The Bertz CT molecular complexity index is 675. The van der Waals surface area contributed by atoms with Crippen LogP contribution in [0.3, 0.4) is 0 Å². The molecule has 1 aromatic heterocycles. The number of nitrogens with zero attached hydrogens (tertiary/aromatic N) is 4. The Kier molecular flexibility index (Phi) is 2.94. The summed E-state index contributed by atoms with van der Waals surface area (Å²) in [5, 5.41) is 17.7. The molecular formula is C12H8FN5. The summed E-state index contributed by atoms with van der Waals surface area (Å²) in [5.41, 5.74) is 6.31. The second-order valence-corrected chi connectivity index (χ2v) is 3.64. The fourth-order valence-corrected chi connectivity index (χ4v) is 1.58. The molecule has 6 heteroatoms. The molecule has 5 nitrogen and oxygen atoms in total. The number of hydrogen-bond donors (Lipinski definition) is 1. The number of imidazole rings is 1. The Balaban J connectivity index is 2.38. The topological polar surface area (TPSA) is 91.4 Å². The first-order valence-corrected chi connectivity index (χ1v) is 5.05. The number of benzene rings is 1. The van der Waals surface area contributed by atoms with Crippen LogP contribution >= 0.6 is 0 Å². The van der Waals surface area contributed by atoms with Gasteiger partial charge in [0.15, 0.2) is 11.4 Å². The number of anilines is 1. The first kappa shape index (κ1) is 11.6. The van der Waals surface area contributed by atoms with Crippen molar-refractivity contribution in [2.24, 2.45) is 0 Å². The molecule has 0 amide bonds. The molecule has 0 unspecified atom stereocenters. The molecule has 0 bridgehead atoms. The molecule has 2 rings (SSSR count). The monoisotopic (exact) mass is 241 g/mol. The Morgan fingerprint density at radius 2 is 2.11 bits per heavy atom. The summed E-state index contributed by atoms with van der Waals surface area (Å²) in [7, 11) is 0. The van der Waals surface area contributed by atoms with Gasteiger partial charge in [-0.15, -0.1) is 0 Å². The van der Waals surface area contributed by atoms with E-state index in [9.17, 15) is 4.39 Å². The minimum Gasteiger partial charge on any atom is -0.399 e. The van der Waals surface area contributed by atoms with Gasteiger partial charge in [-0.05, 0) is 12.1 Å². The number of rotatable bonds is 2. The Morgan fingerprint density at radius 3 is 2.72 bits per heavy atom. The molecule has 0 saturated carbocycles. The molecule has 0 aliphatic rings. The molecule has 0 atom stereocenters. The van der Waals surface area contributed by atoms with E-state index >= 15 is 0 Å². The van der Waals surface area contributed by atoms with E-state index in [0.29, 0.717) is 11.3 Å². The van der Waals surface area contributed by atoms with E-state index in [1.165, 1.54) is 23.0 Å². The SMILES string of the molecule is N#Cc1ncn(Cc2ccc(N)cc2F)c1C#N. The minimum absolute atomic E-state index is 0.0355. The highest BCUT2D eigenvalue weighted by atomic mass is 19.1. The summed E-state index contributed by atoms with van der Waals surface area (Å²) in [6.07, 6.45) is 1.34. The lowest BCUT2D eigenvalue weighted by molar-refractivity contribution is 0.599. The molecular weight excluding hydrogens is 233 g/mol. The molecule has 2 N–H and O–H groups in total. The van der Waals surface area contributed by atoms with E-state index in [1.807, 2.05) is 12.1 Å². The summed E-state index contributed by atoms with van der Waals surface area (Å²) in [6, 6.07) is 8.01. The first-order valence-electron chi connectivity index (χ1n) is 5.05. The standard InChI is InChI=1S/C12H8FN5/c13-10-3-9(16)2-1-8(10)6-18-7-17-11(4-14)12(18)5-15/h1-3,7H,6,16H2. The van der Waals surface area contributed by atoms with Crippen molar-refractivity contribution in [2.45, 2.75) is 6.54 Å². The first-order chi connectivity index (χ1) is 8.65. The number of aromatic nitrogens is 2. The predicted molar refractivity (Wildman–Crippen MR) is 61.6 cm³/mol. The van der Waals surface area contributed by atoms with Gasteiger partial charge >= 0.3 is 0 Å². The normalized spacial score (nSPS) is 9.72. The Hall–Kier alpha value is -2.86. The van der Waals surface area contributed by atoms with Crippen molar-refractivity contribution in [1.29, 1.82) is 10.5 Å². The van der Waals surface area contributed by atoms with E-state index in [0.717, 1.165) is 0 Å². The van der Waals surface area contributed by atoms with E-state index < -0.39 is 5.82 Å². The fourth-order valence-electron chi connectivity index (χ4n) is 1.58. The zero-order chi connectivity index (χ0) is 13.1. The molecule has 0 spiro atoms. The zero-order valence-corrected chi connectivity index (χ0v) is 9.26. The molecule has 0 radical (unpaired) electrons. The van der Waals surface area contributed by atoms with Crippen LogP contribution in [0.1, 0.15) is 17.0 Å². The molecule has 0 saturated heterocycles. The molecule has 1 heterocycles. The van der Waals surface area contributed by atoms with Gasteiger partial charge < -0.3 is 10.3 Å². The van der Waals surface area contributed by atoms with Crippen LogP contribution in [0, 0.1) is 28.5 Å². The zero-order valence-electron chi connectivity index (χ0n) is 9.26. The minimum atomic E-state index is -0.453. The average molecular weight is 241 g/mol. The third-order valence-electron chi connectivity index (χ3n) is 2.47. The number of hydrogen-bond acceptors (Lipinski definition) is 4. The van der Waals surface area contributed by atoms with Gasteiger partial charge in [0.05, 0.1) is 12.9 Å². The third kappa shape index (κ3) is 2.00. The van der Waals surface area contributed by atoms with Crippen molar-refractivity contribution in [1.82, 2.24) is 9.55 Å². The summed E-state index contributed by atoms with van der Waals surface area (Å²) >= 11 is 0. The molecule has 0 aliphatic carbocycles. The summed E-state index contributed by atoms with van der Waals surface area (Å²) in [4.78, 5) is 3.78. The van der Waals surface area contributed by atoms with Crippen LogP contribution in [0.4, 0.5) is 10.1 Å². The second-order valence-electron chi connectivity index (χ2n) is 3.64. The number of nitrogens with two attached hydrogens (primary N) is 1. The van der Waals surface area contributed by atoms with Crippen LogP contribution in [-0.2, 0) is 6.54 Å². The summed E-state index contributed by atoms with van der Waals surface area (Å²) in [5.74, 6) is -0.453. The van der Waals surface area contributed by atoms with E-state index in [4.69, 9.17) is 16.3 Å². The molecule has 18 heavy (non-hydrogen) atoms. The van der Waals surface area contributed by atoms with Gasteiger partial charge in [0.1, 0.15) is 18.0 Å². The lowest BCUT2D eigenvalue weighted by atomic mass is 10.2. The fraction of sp³-hybridized carbons (Fsp3) is 0.0833. The van der Waals surface area contributed by atoms with Crippen molar-refractivity contribution in [3.63, 3.8) is 0 Å². The second kappa shape index (κ2) is 4.56. The quantitative estimate of drug-likeness (QED) is 0.804. The van der Waals surface area contributed by atoms with Crippen LogP contribution in [-0.4, -0.2) is 9.55 Å². The molecule has 0 fully saturated rings. The number of nitrogen functional groups attached to an aromatic ring is 1. The van der Waals surface area contributed by atoms with Crippen molar-refractivity contribution in [3.05, 3.63) is 47.3 Å². The predicted octanol–water partition coefficient (Wildman–Crippen LogP) is 1.40. The van der Waals surface area contributed by atoms with Crippen molar-refractivity contribution < 1.29 is 4.39 Å². The highest BCUT2D eigenvalue weighted by molar-refractivity contribution is 5.41. The summed E-state index contributed by atoms with van der Waals surface area (Å²) in [6.45, 7) is 0.129. The molecule has 0 aliphatic heterocycles. The van der Waals surface area contributed by atoms with Crippen molar-refractivity contribution >= 4 is 5.69 Å². The maximum atomic E-state index is 13.6. The van der Waals surface area contributed by atoms with E-state index in [1.54, 1.807) is 6.07 Å². The maximum absolute atomic E-state index is 13.6. The van der Waals surface area contributed by atoms with Gasteiger partial charge in [-0.2, -0.15) is 10.5 Å². The van der Waals surface area contributed by atoms with Crippen LogP contribution in [0.25, 0.3) is 0 Å². The van der Waals surface area contributed by atoms with E-state index in [-0.39, 0.29) is 17.9 Å². The largest absolute Gasteiger partial charge is 0.399 e. The molecule has 1 aromatic carbocycles. The van der Waals surface area contributed by atoms with Crippen molar-refractivity contribution in [3.8, 4) is 12.1 Å². The Morgan fingerprint density at radius 1 is 1.33 bits per heavy atom. The average Bonchev–Trinajstić information content (AvgIpc) is 2.74. The highest BCUT2D eigenvalue weighted by Gasteiger charge is 2.11. The highest BCUT2D eigenvalue weighted by Crippen LogP contribution is 2.15. The molecule has 88 valence electrons. The Labute approximate surface area is 103 Å². The lowest BCUT2D eigenvalue weighted by Gasteiger charge is -2.06. The lowest BCUT2D eigenvalue weighted by Crippen LogP contribution is -2.04. The van der Waals surface area contributed by atoms with Crippen LogP contribution < -0.4 is 5.73 Å². The van der Waals surface area contributed by atoms with Crippen LogP contribution in [0.5, 0.6) is 0 Å². The maximum Gasteiger partial charge on any atom is 0.176 e. The number of nitriles is 2.